The Kier molecular flexibility index (Phi) is 2.48. The quantitative estimate of drug-likeness (QED) is 0.598. The topological polar surface area (TPSA) is 18.5 Å². The molecular formula is C10H10O2S. The maximum atomic E-state index is 5.26. The molecule has 0 aromatic carbocycles. The van der Waals surface area contributed by atoms with Crippen molar-refractivity contribution in [1.29, 1.82) is 0 Å². The second-order valence-electron chi connectivity index (χ2n) is 2.68. The monoisotopic (exact) mass is 194 g/mol. The van der Waals surface area contributed by atoms with Crippen molar-refractivity contribution in [3.05, 3.63) is 40.4 Å². The van der Waals surface area contributed by atoms with Gasteiger partial charge >= 0.3 is 0 Å². The highest BCUT2D eigenvalue weighted by molar-refractivity contribution is 8.02. The normalized spacial score (nSPS) is 26.4. The van der Waals surface area contributed by atoms with Crippen molar-refractivity contribution < 1.29 is 9.47 Å². The predicted octanol–water partition coefficient (Wildman–Crippen LogP) is 2.56. The van der Waals surface area contributed by atoms with Crippen LogP contribution in [0.2, 0.25) is 0 Å². The van der Waals surface area contributed by atoms with Gasteiger partial charge in [0.1, 0.15) is 0 Å². The molecule has 1 aliphatic carbocycles. The van der Waals surface area contributed by atoms with Crippen LogP contribution in [-0.4, -0.2) is 13.0 Å². The van der Waals surface area contributed by atoms with Gasteiger partial charge < -0.3 is 9.47 Å². The summed E-state index contributed by atoms with van der Waals surface area (Å²) >= 11 is 1.73. The Morgan fingerprint density at radius 1 is 1.38 bits per heavy atom. The average Bonchev–Trinajstić information content (AvgIpc) is 2.15. The summed E-state index contributed by atoms with van der Waals surface area (Å²) < 4.78 is 10.4. The lowest BCUT2D eigenvalue weighted by Gasteiger charge is -2.14. The first-order chi connectivity index (χ1) is 6.38. The molecule has 0 spiro atoms. The Morgan fingerprint density at radius 3 is 3.08 bits per heavy atom. The molecular weight excluding hydrogens is 184 g/mol. The fraction of sp³-hybridized carbons (Fsp3) is 0.300. The number of ether oxygens (including phenoxy) is 2. The van der Waals surface area contributed by atoms with Crippen LogP contribution in [0.4, 0.5) is 0 Å². The zero-order chi connectivity index (χ0) is 9.10. The summed E-state index contributed by atoms with van der Waals surface area (Å²) in [5, 5.41) is 0. The van der Waals surface area contributed by atoms with Gasteiger partial charge in [0.25, 0.3) is 0 Å². The predicted molar refractivity (Wildman–Crippen MR) is 52.9 cm³/mol. The van der Waals surface area contributed by atoms with E-state index >= 15 is 0 Å². The van der Waals surface area contributed by atoms with Crippen LogP contribution >= 0.6 is 11.8 Å². The van der Waals surface area contributed by atoms with E-state index in [9.17, 15) is 0 Å². The summed E-state index contributed by atoms with van der Waals surface area (Å²) in [5.74, 6) is 1.53. The molecule has 3 heteroatoms. The molecule has 2 nitrogen and oxygen atoms in total. The van der Waals surface area contributed by atoms with Crippen molar-refractivity contribution in [2.24, 2.45) is 0 Å². The molecule has 68 valence electrons. The first-order valence-corrected chi connectivity index (χ1v) is 5.28. The highest BCUT2D eigenvalue weighted by Crippen LogP contribution is 2.23. The van der Waals surface area contributed by atoms with Crippen LogP contribution in [0.25, 0.3) is 0 Å². The molecule has 2 aliphatic rings. The molecule has 0 atom stereocenters. The van der Waals surface area contributed by atoms with E-state index in [2.05, 4.69) is 18.1 Å². The molecule has 0 aromatic heterocycles. The van der Waals surface area contributed by atoms with E-state index in [1.165, 1.54) is 4.91 Å². The van der Waals surface area contributed by atoms with Gasteiger partial charge in [-0.05, 0) is 35.5 Å². The third-order valence-corrected chi connectivity index (χ3v) is 2.63. The minimum Gasteiger partial charge on any atom is -0.450 e. The van der Waals surface area contributed by atoms with Crippen LogP contribution in [-0.2, 0) is 9.47 Å². The van der Waals surface area contributed by atoms with E-state index in [-0.39, 0.29) is 0 Å². The van der Waals surface area contributed by atoms with Crippen molar-refractivity contribution in [3.8, 4) is 0 Å². The Balaban J connectivity index is 2.39. The molecule has 2 bridgehead atoms. The van der Waals surface area contributed by atoms with E-state index in [0.29, 0.717) is 6.79 Å². The highest BCUT2D eigenvalue weighted by Gasteiger charge is 2.07. The van der Waals surface area contributed by atoms with Crippen LogP contribution in [0.5, 0.6) is 0 Å². The molecule has 0 amide bonds. The van der Waals surface area contributed by atoms with Crippen molar-refractivity contribution in [1.82, 2.24) is 0 Å². The number of hydrogen-bond acceptors (Lipinski definition) is 3. The number of hydrogen-bond donors (Lipinski definition) is 0. The van der Waals surface area contributed by atoms with Crippen LogP contribution < -0.4 is 0 Å². The van der Waals surface area contributed by atoms with Gasteiger partial charge in [0, 0.05) is 0 Å². The third-order valence-electron chi connectivity index (χ3n) is 1.82. The fourth-order valence-electron chi connectivity index (χ4n) is 1.15. The lowest BCUT2D eigenvalue weighted by molar-refractivity contribution is 0.0130. The summed E-state index contributed by atoms with van der Waals surface area (Å²) in [6.07, 6.45) is 9.02. The van der Waals surface area contributed by atoms with E-state index in [1.54, 1.807) is 11.8 Å². The SMILES string of the molecule is CS/C1=C/C2=C=C(/C=C\C1)OCO2. The lowest BCUT2D eigenvalue weighted by atomic mass is 10.2. The summed E-state index contributed by atoms with van der Waals surface area (Å²) in [4.78, 5) is 1.28. The van der Waals surface area contributed by atoms with Gasteiger partial charge in [-0.1, -0.05) is 6.08 Å². The van der Waals surface area contributed by atoms with Crippen LogP contribution in [0.15, 0.2) is 40.4 Å². The van der Waals surface area contributed by atoms with Crippen LogP contribution in [0.3, 0.4) is 0 Å². The first kappa shape index (κ1) is 8.54. The van der Waals surface area contributed by atoms with Crippen molar-refractivity contribution >= 4 is 11.8 Å². The number of thioether (sulfide) groups is 1. The summed E-state index contributed by atoms with van der Waals surface area (Å²) in [6, 6.07) is 0. The van der Waals surface area contributed by atoms with E-state index in [4.69, 9.17) is 9.47 Å². The Bertz CT molecular complexity index is 333. The molecule has 13 heavy (non-hydrogen) atoms. The Morgan fingerprint density at radius 2 is 2.23 bits per heavy atom. The molecule has 1 heterocycles. The van der Waals surface area contributed by atoms with Gasteiger partial charge in [-0.15, -0.1) is 11.8 Å². The minimum absolute atomic E-state index is 0.292. The van der Waals surface area contributed by atoms with Crippen molar-refractivity contribution in [2.75, 3.05) is 13.0 Å². The summed E-state index contributed by atoms with van der Waals surface area (Å²) in [7, 11) is 0. The zero-order valence-electron chi connectivity index (χ0n) is 7.37. The maximum absolute atomic E-state index is 5.26. The second kappa shape index (κ2) is 3.77. The number of rotatable bonds is 1. The van der Waals surface area contributed by atoms with Gasteiger partial charge in [-0.25, -0.2) is 0 Å². The van der Waals surface area contributed by atoms with Crippen molar-refractivity contribution in [2.45, 2.75) is 6.42 Å². The highest BCUT2D eigenvalue weighted by atomic mass is 32.2. The third kappa shape index (κ3) is 2.00. The molecule has 0 radical (unpaired) electrons. The van der Waals surface area contributed by atoms with E-state index in [1.807, 2.05) is 12.2 Å². The van der Waals surface area contributed by atoms with Gasteiger partial charge in [-0.2, -0.15) is 0 Å². The first-order valence-electron chi connectivity index (χ1n) is 4.06. The van der Waals surface area contributed by atoms with Gasteiger partial charge in [0.15, 0.2) is 11.5 Å². The average molecular weight is 194 g/mol. The van der Waals surface area contributed by atoms with Crippen molar-refractivity contribution in [3.63, 3.8) is 0 Å². The molecule has 2 rings (SSSR count). The van der Waals surface area contributed by atoms with E-state index < -0.39 is 0 Å². The van der Waals surface area contributed by atoms with E-state index in [0.717, 1.165) is 17.9 Å². The smallest absolute Gasteiger partial charge is 0.232 e. The zero-order valence-corrected chi connectivity index (χ0v) is 8.19. The summed E-state index contributed by atoms with van der Waals surface area (Å²) in [6.45, 7) is 0.292. The molecule has 0 N–H and O–H groups in total. The van der Waals surface area contributed by atoms with Crippen LogP contribution in [0, 0.1) is 0 Å². The summed E-state index contributed by atoms with van der Waals surface area (Å²) in [5.41, 5.74) is 3.03. The molecule has 0 aromatic rings. The fourth-order valence-corrected chi connectivity index (χ4v) is 1.63. The molecule has 1 aliphatic heterocycles. The van der Waals surface area contributed by atoms with Gasteiger partial charge in [0.05, 0.1) is 0 Å². The molecule has 0 saturated carbocycles. The molecule has 0 unspecified atom stereocenters. The minimum atomic E-state index is 0.292. The Hall–Kier alpha value is -1.05. The van der Waals surface area contributed by atoms with Crippen LogP contribution in [0.1, 0.15) is 6.42 Å². The standard InChI is InChI=1S/C10H10O2S/c1-13-10-4-2-3-8-5-9(6-10)12-7-11-8/h2-3,6H,4,7H2,1H3/b3-2-,10-6+. The molecule has 0 fully saturated rings. The van der Waals surface area contributed by atoms with Gasteiger partial charge in [0.2, 0.25) is 6.79 Å². The molecule has 0 saturated heterocycles. The second-order valence-corrected chi connectivity index (χ2v) is 3.61. The maximum Gasteiger partial charge on any atom is 0.232 e. The Labute approximate surface area is 81.6 Å². The lowest BCUT2D eigenvalue weighted by Crippen LogP contribution is -2.03. The largest absolute Gasteiger partial charge is 0.450 e. The number of allylic oxidation sites excluding steroid dienone is 3. The van der Waals surface area contributed by atoms with Gasteiger partial charge in [-0.3, -0.25) is 0 Å².